The topological polar surface area (TPSA) is 64.6 Å². The molecule has 2 aromatic rings. The number of hydrogen-bond donors (Lipinski definition) is 1. The van der Waals surface area contributed by atoms with Crippen LogP contribution < -0.4 is 5.32 Å². The van der Waals surface area contributed by atoms with Crippen molar-refractivity contribution in [3.8, 4) is 0 Å². The van der Waals surface area contributed by atoms with Crippen LogP contribution in [0.15, 0.2) is 60.7 Å². The summed E-state index contributed by atoms with van der Waals surface area (Å²) in [5.74, 6) is -1.08. The van der Waals surface area contributed by atoms with E-state index in [-0.39, 0.29) is 6.54 Å². The summed E-state index contributed by atoms with van der Waals surface area (Å²) in [6.07, 6.45) is -0.995. The molecule has 0 aromatic heterocycles. The van der Waals surface area contributed by atoms with E-state index >= 15 is 0 Å². The van der Waals surface area contributed by atoms with E-state index in [1.54, 1.807) is 67.7 Å². The number of benzene rings is 2. The van der Waals surface area contributed by atoms with Gasteiger partial charge < -0.3 is 14.8 Å². The molecular weight excluding hydrogens is 282 g/mol. The molecule has 2 rings (SSSR count). The molecule has 1 N–H and O–H groups in total. The van der Waals surface area contributed by atoms with Crippen molar-refractivity contribution in [2.75, 3.05) is 13.6 Å². The van der Waals surface area contributed by atoms with Crippen molar-refractivity contribution >= 4 is 11.9 Å². The van der Waals surface area contributed by atoms with Crippen LogP contribution in [0.1, 0.15) is 20.7 Å². The first-order chi connectivity index (χ1) is 10.7. The molecule has 0 radical (unpaired) electrons. The molecule has 0 amide bonds. The molecule has 22 heavy (non-hydrogen) atoms. The summed E-state index contributed by atoms with van der Waals surface area (Å²) >= 11 is 0. The zero-order chi connectivity index (χ0) is 15.8. The van der Waals surface area contributed by atoms with Crippen molar-refractivity contribution in [2.24, 2.45) is 0 Å². The predicted molar refractivity (Wildman–Crippen MR) is 81.4 cm³/mol. The van der Waals surface area contributed by atoms with Crippen LogP contribution in [-0.4, -0.2) is 31.8 Å². The van der Waals surface area contributed by atoms with Crippen LogP contribution in [0, 0.1) is 0 Å². The molecule has 5 heteroatoms. The van der Waals surface area contributed by atoms with Crippen molar-refractivity contribution in [1.29, 1.82) is 0 Å². The highest BCUT2D eigenvalue weighted by Crippen LogP contribution is 2.08. The Hall–Kier alpha value is -2.66. The highest BCUT2D eigenvalue weighted by atomic mass is 16.7. The summed E-state index contributed by atoms with van der Waals surface area (Å²) in [6, 6.07) is 17.1. The lowest BCUT2D eigenvalue weighted by molar-refractivity contribution is -0.0769. The largest absolute Gasteiger partial charge is 0.420 e. The van der Waals surface area contributed by atoms with Gasteiger partial charge in [-0.3, -0.25) is 0 Å². The number of ether oxygens (including phenoxy) is 2. The molecule has 114 valence electrons. The predicted octanol–water partition coefficient (Wildman–Crippen LogP) is 2.25. The van der Waals surface area contributed by atoms with E-state index in [2.05, 4.69) is 5.32 Å². The molecule has 0 aliphatic heterocycles. The van der Waals surface area contributed by atoms with E-state index in [0.29, 0.717) is 11.1 Å². The van der Waals surface area contributed by atoms with Gasteiger partial charge in [-0.1, -0.05) is 36.4 Å². The highest BCUT2D eigenvalue weighted by Gasteiger charge is 2.20. The minimum absolute atomic E-state index is 0.206. The normalized spacial score (nSPS) is 10.3. The van der Waals surface area contributed by atoms with Gasteiger partial charge in [0.25, 0.3) is 6.29 Å². The Morgan fingerprint density at radius 1 is 0.864 bits per heavy atom. The molecule has 2 aromatic carbocycles. The van der Waals surface area contributed by atoms with E-state index in [4.69, 9.17) is 9.47 Å². The molecule has 0 saturated heterocycles. The summed E-state index contributed by atoms with van der Waals surface area (Å²) in [5.41, 5.74) is 0.804. The van der Waals surface area contributed by atoms with E-state index < -0.39 is 18.2 Å². The maximum Gasteiger partial charge on any atom is 0.341 e. The maximum absolute atomic E-state index is 12.0. The van der Waals surface area contributed by atoms with Crippen molar-refractivity contribution in [2.45, 2.75) is 6.29 Å². The number of carbonyl (C=O) groups excluding carboxylic acids is 2. The monoisotopic (exact) mass is 299 g/mol. The number of rotatable bonds is 6. The van der Waals surface area contributed by atoms with Gasteiger partial charge in [0.1, 0.15) is 0 Å². The van der Waals surface area contributed by atoms with Gasteiger partial charge in [0.05, 0.1) is 17.7 Å². The molecule has 0 bridgehead atoms. The van der Waals surface area contributed by atoms with Crippen molar-refractivity contribution in [1.82, 2.24) is 5.32 Å². The molecular formula is C17H17NO4. The van der Waals surface area contributed by atoms with Crippen LogP contribution in [0.3, 0.4) is 0 Å². The standard InChI is InChI=1S/C17H17NO4/c1-18-12-15(21-16(19)13-8-4-2-5-9-13)22-17(20)14-10-6-3-7-11-14/h2-11,15,18H,12H2,1H3. The molecule has 5 nitrogen and oxygen atoms in total. The van der Waals surface area contributed by atoms with Crippen LogP contribution in [0.4, 0.5) is 0 Å². The van der Waals surface area contributed by atoms with Gasteiger partial charge in [-0.2, -0.15) is 0 Å². The lowest BCUT2D eigenvalue weighted by atomic mass is 10.2. The SMILES string of the molecule is CNCC(OC(=O)c1ccccc1)OC(=O)c1ccccc1. The highest BCUT2D eigenvalue weighted by molar-refractivity contribution is 5.91. The Kier molecular flexibility index (Phi) is 5.68. The van der Waals surface area contributed by atoms with E-state index in [1.807, 2.05) is 0 Å². The van der Waals surface area contributed by atoms with Gasteiger partial charge in [0, 0.05) is 0 Å². The van der Waals surface area contributed by atoms with Gasteiger partial charge in [-0.25, -0.2) is 9.59 Å². The van der Waals surface area contributed by atoms with Gasteiger partial charge >= 0.3 is 11.9 Å². The third-order valence-electron chi connectivity index (χ3n) is 2.87. The van der Waals surface area contributed by atoms with Gasteiger partial charge in [0.2, 0.25) is 0 Å². The average Bonchev–Trinajstić information content (AvgIpc) is 2.56. The second kappa shape index (κ2) is 7.95. The van der Waals surface area contributed by atoms with E-state index in [9.17, 15) is 9.59 Å². The van der Waals surface area contributed by atoms with Crippen LogP contribution in [0.5, 0.6) is 0 Å². The molecule has 0 saturated carbocycles. The van der Waals surface area contributed by atoms with Crippen LogP contribution in [0.25, 0.3) is 0 Å². The second-order valence-electron chi connectivity index (χ2n) is 4.53. The van der Waals surface area contributed by atoms with Crippen molar-refractivity contribution < 1.29 is 19.1 Å². The Morgan fingerprint density at radius 3 is 1.64 bits per heavy atom. The number of esters is 2. The molecule has 0 spiro atoms. The fourth-order valence-electron chi connectivity index (χ4n) is 1.80. The quantitative estimate of drug-likeness (QED) is 0.654. The summed E-state index contributed by atoms with van der Waals surface area (Å²) in [6.45, 7) is 0.206. The Balaban J connectivity index is 2.01. The number of likely N-dealkylation sites (N-methyl/N-ethyl adjacent to an activating group) is 1. The Labute approximate surface area is 128 Å². The smallest absolute Gasteiger partial charge is 0.341 e. The third-order valence-corrected chi connectivity index (χ3v) is 2.87. The summed E-state index contributed by atoms with van der Waals surface area (Å²) in [7, 11) is 1.68. The third kappa shape index (κ3) is 4.43. The van der Waals surface area contributed by atoms with Gasteiger partial charge in [-0.15, -0.1) is 0 Å². The first kappa shape index (κ1) is 15.7. The first-order valence-corrected chi connectivity index (χ1v) is 6.87. The van der Waals surface area contributed by atoms with E-state index in [0.717, 1.165) is 0 Å². The van der Waals surface area contributed by atoms with Crippen LogP contribution in [0.2, 0.25) is 0 Å². The second-order valence-corrected chi connectivity index (χ2v) is 4.53. The van der Waals surface area contributed by atoms with Gasteiger partial charge in [-0.05, 0) is 31.3 Å². The van der Waals surface area contributed by atoms with E-state index in [1.165, 1.54) is 0 Å². The van der Waals surface area contributed by atoms with Crippen LogP contribution in [-0.2, 0) is 9.47 Å². The molecule has 0 aliphatic carbocycles. The molecule has 0 unspecified atom stereocenters. The molecule has 0 fully saturated rings. The zero-order valence-corrected chi connectivity index (χ0v) is 12.2. The molecule has 0 aliphatic rings. The maximum atomic E-state index is 12.0. The Bertz CT molecular complexity index is 560. The summed E-state index contributed by atoms with van der Waals surface area (Å²) < 4.78 is 10.4. The fraction of sp³-hybridized carbons (Fsp3) is 0.176. The van der Waals surface area contributed by atoms with Crippen molar-refractivity contribution in [3.63, 3.8) is 0 Å². The molecule has 0 heterocycles. The summed E-state index contributed by atoms with van der Waals surface area (Å²) in [4.78, 5) is 24.0. The lowest BCUT2D eigenvalue weighted by Crippen LogP contribution is -2.33. The minimum Gasteiger partial charge on any atom is -0.420 e. The minimum atomic E-state index is -0.995. The average molecular weight is 299 g/mol. The molecule has 0 atom stereocenters. The fourth-order valence-corrected chi connectivity index (χ4v) is 1.80. The number of carbonyl (C=O) groups is 2. The lowest BCUT2D eigenvalue weighted by Gasteiger charge is -2.18. The Morgan fingerprint density at radius 2 is 1.27 bits per heavy atom. The number of hydrogen-bond acceptors (Lipinski definition) is 5. The van der Waals surface area contributed by atoms with Crippen molar-refractivity contribution in [3.05, 3.63) is 71.8 Å². The first-order valence-electron chi connectivity index (χ1n) is 6.87. The van der Waals surface area contributed by atoms with Gasteiger partial charge in [0.15, 0.2) is 0 Å². The number of nitrogens with one attached hydrogen (secondary N) is 1. The van der Waals surface area contributed by atoms with Crippen LogP contribution >= 0.6 is 0 Å². The zero-order valence-electron chi connectivity index (χ0n) is 12.2. The summed E-state index contributed by atoms with van der Waals surface area (Å²) in [5, 5.41) is 2.83.